The van der Waals surface area contributed by atoms with E-state index in [2.05, 4.69) is 24.3 Å². The fraction of sp³-hybridized carbons (Fsp3) is 0.412. The molecule has 0 saturated heterocycles. The largest absolute Gasteiger partial charge is 0.386 e. The van der Waals surface area contributed by atoms with Crippen LogP contribution in [0.4, 0.5) is 5.69 Å². The zero-order valence-corrected chi connectivity index (χ0v) is 13.7. The molecule has 0 aliphatic rings. The van der Waals surface area contributed by atoms with Crippen molar-refractivity contribution in [2.45, 2.75) is 39.2 Å². The van der Waals surface area contributed by atoms with Crippen molar-refractivity contribution in [2.24, 2.45) is 7.05 Å². The highest BCUT2D eigenvalue weighted by Crippen LogP contribution is 2.23. The van der Waals surface area contributed by atoms with Gasteiger partial charge in [0, 0.05) is 18.4 Å². The van der Waals surface area contributed by atoms with Crippen molar-refractivity contribution >= 4 is 11.6 Å². The first kappa shape index (κ1) is 16.2. The Morgan fingerprint density at radius 1 is 1.32 bits per heavy atom. The van der Waals surface area contributed by atoms with E-state index in [1.807, 2.05) is 13.1 Å². The molecule has 1 amide bonds. The monoisotopic (exact) mass is 301 g/mol. The van der Waals surface area contributed by atoms with Crippen LogP contribution in [-0.2, 0) is 12.6 Å². The highest BCUT2D eigenvalue weighted by molar-refractivity contribution is 6.03. The number of hydrogen-bond donors (Lipinski definition) is 2. The molecule has 0 fully saturated rings. The van der Waals surface area contributed by atoms with Gasteiger partial charge in [0.05, 0.1) is 5.60 Å². The summed E-state index contributed by atoms with van der Waals surface area (Å²) in [6, 6.07) is 9.00. The molecular formula is C17H23N3O2. The van der Waals surface area contributed by atoms with Gasteiger partial charge in [-0.25, -0.2) is 0 Å². The van der Waals surface area contributed by atoms with Crippen LogP contribution < -0.4 is 5.32 Å². The Bertz CT molecular complexity index is 681. The molecule has 0 radical (unpaired) electrons. The standard InChI is InChI=1S/C17H23N3O2/c1-11(2)15-10-14(19-20(15)5)16(21)18-13-8-6-7-12(9-13)17(3,4)22/h6-11,22H,1-5H3,(H,18,21). The van der Waals surface area contributed by atoms with Crippen LogP contribution in [0.25, 0.3) is 0 Å². The molecule has 2 N–H and O–H groups in total. The zero-order chi connectivity index (χ0) is 16.5. The van der Waals surface area contributed by atoms with Crippen molar-refractivity contribution in [2.75, 3.05) is 5.32 Å². The smallest absolute Gasteiger partial charge is 0.276 e. The lowest BCUT2D eigenvalue weighted by Gasteiger charge is -2.18. The quantitative estimate of drug-likeness (QED) is 0.912. The predicted octanol–water partition coefficient (Wildman–Crippen LogP) is 3.02. The maximum atomic E-state index is 12.3. The minimum Gasteiger partial charge on any atom is -0.386 e. The Balaban J connectivity index is 2.21. The first-order valence-corrected chi connectivity index (χ1v) is 7.36. The molecule has 1 aromatic heterocycles. The van der Waals surface area contributed by atoms with Gasteiger partial charge in [0.1, 0.15) is 0 Å². The minimum absolute atomic E-state index is 0.254. The first-order chi connectivity index (χ1) is 10.2. The number of amides is 1. The van der Waals surface area contributed by atoms with Gasteiger partial charge in [0.2, 0.25) is 0 Å². The average Bonchev–Trinajstić information content (AvgIpc) is 2.80. The summed E-state index contributed by atoms with van der Waals surface area (Å²) in [5.41, 5.74) is 1.84. The Kier molecular flexibility index (Phi) is 4.37. The van der Waals surface area contributed by atoms with Crippen molar-refractivity contribution in [3.05, 3.63) is 47.3 Å². The topological polar surface area (TPSA) is 67.2 Å². The van der Waals surface area contributed by atoms with Crippen molar-refractivity contribution < 1.29 is 9.90 Å². The summed E-state index contributed by atoms with van der Waals surface area (Å²) in [4.78, 5) is 12.3. The molecule has 0 bridgehead atoms. The Labute approximate surface area is 131 Å². The second-order valence-electron chi connectivity index (χ2n) is 6.33. The lowest BCUT2D eigenvalue weighted by Crippen LogP contribution is -2.17. The van der Waals surface area contributed by atoms with E-state index in [-0.39, 0.29) is 5.91 Å². The molecule has 2 rings (SSSR count). The van der Waals surface area contributed by atoms with Crippen LogP contribution in [0.3, 0.4) is 0 Å². The van der Waals surface area contributed by atoms with Crippen molar-refractivity contribution in [3.63, 3.8) is 0 Å². The number of aliphatic hydroxyl groups is 1. The number of carbonyl (C=O) groups is 1. The first-order valence-electron chi connectivity index (χ1n) is 7.36. The number of nitrogens with zero attached hydrogens (tertiary/aromatic N) is 2. The fourth-order valence-corrected chi connectivity index (χ4v) is 2.31. The molecule has 0 spiro atoms. The van der Waals surface area contributed by atoms with Crippen LogP contribution in [0, 0.1) is 0 Å². The number of carbonyl (C=O) groups excluding carboxylic acids is 1. The summed E-state index contributed by atoms with van der Waals surface area (Å²) in [6.07, 6.45) is 0. The molecule has 1 heterocycles. The molecule has 5 nitrogen and oxygen atoms in total. The van der Waals surface area contributed by atoms with Gasteiger partial charge in [-0.2, -0.15) is 5.10 Å². The van der Waals surface area contributed by atoms with Gasteiger partial charge in [-0.15, -0.1) is 0 Å². The summed E-state index contributed by atoms with van der Waals surface area (Å²) < 4.78 is 1.73. The van der Waals surface area contributed by atoms with Gasteiger partial charge >= 0.3 is 0 Å². The zero-order valence-electron chi connectivity index (χ0n) is 13.7. The molecule has 0 atom stereocenters. The van der Waals surface area contributed by atoms with Crippen LogP contribution in [-0.4, -0.2) is 20.8 Å². The lowest BCUT2D eigenvalue weighted by molar-refractivity contribution is 0.0786. The van der Waals surface area contributed by atoms with E-state index in [1.165, 1.54) is 0 Å². The summed E-state index contributed by atoms with van der Waals surface area (Å²) in [7, 11) is 1.83. The summed E-state index contributed by atoms with van der Waals surface area (Å²) >= 11 is 0. The minimum atomic E-state index is -0.948. The number of nitrogens with one attached hydrogen (secondary N) is 1. The van der Waals surface area contributed by atoms with Gasteiger partial charge in [-0.05, 0) is 43.5 Å². The van der Waals surface area contributed by atoms with Crippen LogP contribution in [0.2, 0.25) is 0 Å². The average molecular weight is 301 g/mol. The normalized spacial score (nSPS) is 11.8. The van der Waals surface area contributed by atoms with E-state index < -0.39 is 5.60 Å². The van der Waals surface area contributed by atoms with Crippen LogP contribution in [0.15, 0.2) is 30.3 Å². The number of anilines is 1. The summed E-state index contributed by atoms with van der Waals surface area (Å²) in [5, 5.41) is 17.1. The van der Waals surface area contributed by atoms with E-state index in [0.717, 1.165) is 11.3 Å². The number of benzene rings is 1. The van der Waals surface area contributed by atoms with Crippen LogP contribution >= 0.6 is 0 Å². The molecular weight excluding hydrogens is 278 g/mol. The van der Waals surface area contributed by atoms with E-state index in [9.17, 15) is 9.90 Å². The molecule has 118 valence electrons. The SMILES string of the molecule is CC(C)c1cc(C(=O)Nc2cccc(C(C)(C)O)c2)nn1C. The third-order valence-corrected chi connectivity index (χ3v) is 3.57. The molecule has 5 heteroatoms. The van der Waals surface area contributed by atoms with Gasteiger partial charge in [-0.1, -0.05) is 26.0 Å². The van der Waals surface area contributed by atoms with E-state index in [4.69, 9.17) is 0 Å². The molecule has 0 unspecified atom stereocenters. The highest BCUT2D eigenvalue weighted by atomic mass is 16.3. The van der Waals surface area contributed by atoms with Gasteiger partial charge < -0.3 is 10.4 Å². The van der Waals surface area contributed by atoms with Gasteiger partial charge in [0.15, 0.2) is 5.69 Å². The van der Waals surface area contributed by atoms with Gasteiger partial charge in [0.25, 0.3) is 5.91 Å². The number of hydrogen-bond acceptors (Lipinski definition) is 3. The number of rotatable bonds is 4. The molecule has 0 aliphatic carbocycles. The van der Waals surface area contributed by atoms with Gasteiger partial charge in [-0.3, -0.25) is 9.48 Å². The number of aromatic nitrogens is 2. The van der Waals surface area contributed by atoms with E-state index in [0.29, 0.717) is 17.3 Å². The van der Waals surface area contributed by atoms with Crippen LogP contribution in [0.1, 0.15) is 55.4 Å². The van der Waals surface area contributed by atoms with Crippen molar-refractivity contribution in [1.82, 2.24) is 9.78 Å². The number of aryl methyl sites for hydroxylation is 1. The molecule has 1 aromatic carbocycles. The third kappa shape index (κ3) is 3.54. The second kappa shape index (κ2) is 5.93. The fourth-order valence-electron chi connectivity index (χ4n) is 2.31. The Morgan fingerprint density at radius 2 is 2.00 bits per heavy atom. The lowest BCUT2D eigenvalue weighted by atomic mass is 9.98. The predicted molar refractivity (Wildman–Crippen MR) is 86.9 cm³/mol. The second-order valence-corrected chi connectivity index (χ2v) is 6.33. The molecule has 0 saturated carbocycles. The maximum absolute atomic E-state index is 12.3. The summed E-state index contributed by atoms with van der Waals surface area (Å²) in [5.74, 6) is 0.0490. The molecule has 22 heavy (non-hydrogen) atoms. The molecule has 0 aliphatic heterocycles. The highest BCUT2D eigenvalue weighted by Gasteiger charge is 2.18. The maximum Gasteiger partial charge on any atom is 0.276 e. The Morgan fingerprint density at radius 3 is 2.55 bits per heavy atom. The summed E-state index contributed by atoms with van der Waals surface area (Å²) in [6.45, 7) is 7.54. The van der Waals surface area contributed by atoms with E-state index in [1.54, 1.807) is 42.8 Å². The Hall–Kier alpha value is -2.14. The van der Waals surface area contributed by atoms with Crippen molar-refractivity contribution in [1.29, 1.82) is 0 Å². The van der Waals surface area contributed by atoms with Crippen molar-refractivity contribution in [3.8, 4) is 0 Å². The van der Waals surface area contributed by atoms with E-state index >= 15 is 0 Å². The molecule has 2 aromatic rings. The van der Waals surface area contributed by atoms with Crippen LogP contribution in [0.5, 0.6) is 0 Å². The third-order valence-electron chi connectivity index (χ3n) is 3.57.